The molecule has 0 radical (unpaired) electrons. The van der Waals surface area contributed by atoms with Gasteiger partial charge in [-0.05, 0) is 52.5 Å². The molecule has 0 aromatic heterocycles. The predicted octanol–water partition coefficient (Wildman–Crippen LogP) is 1.86. The number of fused-ring (bicyclic) bond motifs is 1. The molecule has 3 nitrogen and oxygen atoms in total. The highest BCUT2D eigenvalue weighted by molar-refractivity contribution is 5.70. The molecule has 3 aliphatic rings. The van der Waals surface area contributed by atoms with Crippen LogP contribution in [0.2, 0.25) is 0 Å². The molecule has 1 aliphatic carbocycles. The van der Waals surface area contributed by atoms with Crippen molar-refractivity contribution in [2.75, 3.05) is 6.54 Å². The van der Waals surface area contributed by atoms with E-state index in [1.165, 1.54) is 12.8 Å². The Morgan fingerprint density at radius 3 is 2.60 bits per heavy atom. The molecule has 2 aliphatic heterocycles. The van der Waals surface area contributed by atoms with Crippen LogP contribution in [0.4, 0.5) is 0 Å². The third-order valence-electron chi connectivity index (χ3n) is 3.35. The third kappa shape index (κ3) is 2.51. The lowest BCUT2D eigenvalue weighted by Crippen LogP contribution is -2.43. The van der Waals surface area contributed by atoms with Gasteiger partial charge in [-0.2, -0.15) is 0 Å². The van der Waals surface area contributed by atoms with Gasteiger partial charge >= 0.3 is 5.97 Å². The fourth-order valence-electron chi connectivity index (χ4n) is 2.72. The molecular formula is C12H21NO2. The van der Waals surface area contributed by atoms with E-state index in [4.69, 9.17) is 4.74 Å². The summed E-state index contributed by atoms with van der Waals surface area (Å²) in [6.45, 7) is 6.89. The number of ether oxygens (including phenoxy) is 1. The SMILES string of the molecule is CC(C)(C)OC(=O)CCC12CC(CN1)C2. The Hall–Kier alpha value is -0.570. The van der Waals surface area contributed by atoms with Crippen molar-refractivity contribution in [2.24, 2.45) is 5.92 Å². The van der Waals surface area contributed by atoms with Crippen LogP contribution in [0, 0.1) is 5.92 Å². The number of hydrogen-bond donors (Lipinski definition) is 1. The zero-order valence-corrected chi connectivity index (χ0v) is 9.93. The Bertz CT molecular complexity index is 256. The highest BCUT2D eigenvalue weighted by Crippen LogP contribution is 2.46. The van der Waals surface area contributed by atoms with Crippen LogP contribution >= 0.6 is 0 Å². The summed E-state index contributed by atoms with van der Waals surface area (Å²) in [4.78, 5) is 11.5. The van der Waals surface area contributed by atoms with Gasteiger partial charge in [-0.15, -0.1) is 0 Å². The largest absolute Gasteiger partial charge is 0.460 e. The van der Waals surface area contributed by atoms with E-state index in [0.29, 0.717) is 12.0 Å². The molecule has 15 heavy (non-hydrogen) atoms. The van der Waals surface area contributed by atoms with Crippen molar-refractivity contribution in [3.05, 3.63) is 0 Å². The summed E-state index contributed by atoms with van der Waals surface area (Å²) in [5.74, 6) is 0.817. The fraction of sp³-hybridized carbons (Fsp3) is 0.917. The molecule has 3 rings (SSSR count). The lowest BCUT2D eigenvalue weighted by Gasteiger charge is -2.37. The summed E-state index contributed by atoms with van der Waals surface area (Å²) in [7, 11) is 0. The van der Waals surface area contributed by atoms with E-state index in [9.17, 15) is 4.79 Å². The quantitative estimate of drug-likeness (QED) is 0.724. The summed E-state index contributed by atoms with van der Waals surface area (Å²) in [6, 6.07) is 0. The highest BCUT2D eigenvalue weighted by Gasteiger charge is 2.49. The topological polar surface area (TPSA) is 38.3 Å². The molecule has 0 unspecified atom stereocenters. The maximum atomic E-state index is 11.5. The Morgan fingerprint density at radius 2 is 2.13 bits per heavy atom. The van der Waals surface area contributed by atoms with Gasteiger partial charge in [0.1, 0.15) is 5.60 Å². The molecule has 1 N–H and O–H groups in total. The minimum atomic E-state index is -0.347. The Labute approximate surface area is 91.6 Å². The average molecular weight is 211 g/mol. The number of carbonyl (C=O) groups excluding carboxylic acids is 1. The zero-order chi connectivity index (χ0) is 11.1. The number of esters is 1. The maximum absolute atomic E-state index is 11.5. The van der Waals surface area contributed by atoms with Gasteiger partial charge in [0.15, 0.2) is 0 Å². The Kier molecular flexibility index (Phi) is 2.53. The molecule has 0 aromatic rings. The molecule has 86 valence electrons. The lowest BCUT2D eigenvalue weighted by atomic mass is 9.71. The second-order valence-electron chi connectivity index (χ2n) is 6.02. The standard InChI is InChI=1S/C12H21NO2/c1-11(2,3)15-10(14)4-5-12-6-9(7-12)8-13-12/h9,13H,4-8H2,1-3H3. The van der Waals surface area contributed by atoms with Gasteiger partial charge in [0.05, 0.1) is 0 Å². The minimum absolute atomic E-state index is 0.0611. The maximum Gasteiger partial charge on any atom is 0.306 e. The zero-order valence-electron chi connectivity index (χ0n) is 9.93. The van der Waals surface area contributed by atoms with Gasteiger partial charge in [-0.3, -0.25) is 4.79 Å². The first kappa shape index (κ1) is 10.9. The highest BCUT2D eigenvalue weighted by atomic mass is 16.6. The van der Waals surface area contributed by atoms with E-state index in [0.717, 1.165) is 18.9 Å². The number of carbonyl (C=O) groups is 1. The molecule has 2 saturated heterocycles. The average Bonchev–Trinajstić information content (AvgIpc) is 2.54. The van der Waals surface area contributed by atoms with Crippen molar-refractivity contribution in [3.63, 3.8) is 0 Å². The molecule has 0 spiro atoms. The van der Waals surface area contributed by atoms with Crippen LogP contribution in [0.25, 0.3) is 0 Å². The van der Waals surface area contributed by atoms with Crippen molar-refractivity contribution < 1.29 is 9.53 Å². The van der Waals surface area contributed by atoms with Crippen LogP contribution in [-0.2, 0) is 9.53 Å². The predicted molar refractivity (Wildman–Crippen MR) is 58.5 cm³/mol. The van der Waals surface area contributed by atoms with Crippen LogP contribution in [0.15, 0.2) is 0 Å². The normalized spacial score (nSPS) is 33.7. The van der Waals surface area contributed by atoms with Crippen molar-refractivity contribution >= 4 is 5.97 Å². The summed E-state index contributed by atoms with van der Waals surface area (Å²) < 4.78 is 5.29. The summed E-state index contributed by atoms with van der Waals surface area (Å²) in [6.07, 6.45) is 4.01. The van der Waals surface area contributed by atoms with E-state index in [1.807, 2.05) is 20.8 Å². The minimum Gasteiger partial charge on any atom is -0.460 e. The van der Waals surface area contributed by atoms with Crippen LogP contribution < -0.4 is 5.32 Å². The van der Waals surface area contributed by atoms with Gasteiger partial charge in [0.25, 0.3) is 0 Å². The van der Waals surface area contributed by atoms with Gasteiger partial charge < -0.3 is 10.1 Å². The first-order chi connectivity index (χ1) is 6.89. The molecule has 3 fully saturated rings. The molecule has 0 amide bonds. The molecule has 0 aromatic carbocycles. The number of hydrogen-bond acceptors (Lipinski definition) is 3. The van der Waals surface area contributed by atoms with Gasteiger partial charge in [-0.1, -0.05) is 0 Å². The smallest absolute Gasteiger partial charge is 0.306 e. The molecule has 2 heterocycles. The lowest BCUT2D eigenvalue weighted by molar-refractivity contribution is -0.155. The summed E-state index contributed by atoms with van der Waals surface area (Å²) in [5, 5.41) is 3.52. The molecule has 3 heteroatoms. The monoisotopic (exact) mass is 211 g/mol. The Morgan fingerprint density at radius 1 is 1.47 bits per heavy atom. The first-order valence-electron chi connectivity index (χ1n) is 5.85. The van der Waals surface area contributed by atoms with Crippen LogP contribution in [0.5, 0.6) is 0 Å². The molecular weight excluding hydrogens is 190 g/mol. The Balaban J connectivity index is 1.72. The first-order valence-corrected chi connectivity index (χ1v) is 5.85. The van der Waals surface area contributed by atoms with Crippen LogP contribution in [0.3, 0.4) is 0 Å². The van der Waals surface area contributed by atoms with Crippen molar-refractivity contribution in [1.29, 1.82) is 0 Å². The van der Waals surface area contributed by atoms with E-state index in [-0.39, 0.29) is 11.6 Å². The van der Waals surface area contributed by atoms with Crippen molar-refractivity contribution in [3.8, 4) is 0 Å². The van der Waals surface area contributed by atoms with Gasteiger partial charge in [-0.25, -0.2) is 0 Å². The van der Waals surface area contributed by atoms with E-state index in [2.05, 4.69) is 5.32 Å². The number of nitrogens with one attached hydrogen (secondary N) is 1. The molecule has 1 saturated carbocycles. The third-order valence-corrected chi connectivity index (χ3v) is 3.35. The van der Waals surface area contributed by atoms with E-state index < -0.39 is 0 Å². The van der Waals surface area contributed by atoms with Crippen LogP contribution in [-0.4, -0.2) is 23.7 Å². The van der Waals surface area contributed by atoms with Gasteiger partial charge in [0, 0.05) is 12.0 Å². The van der Waals surface area contributed by atoms with Crippen molar-refractivity contribution in [2.45, 2.75) is 57.6 Å². The summed E-state index contributed by atoms with van der Waals surface area (Å²) in [5.41, 5.74) is -0.0540. The van der Waals surface area contributed by atoms with Crippen molar-refractivity contribution in [1.82, 2.24) is 5.32 Å². The second kappa shape index (κ2) is 3.48. The van der Waals surface area contributed by atoms with E-state index >= 15 is 0 Å². The summed E-state index contributed by atoms with van der Waals surface area (Å²) >= 11 is 0. The van der Waals surface area contributed by atoms with Gasteiger partial charge in [0.2, 0.25) is 0 Å². The van der Waals surface area contributed by atoms with E-state index in [1.54, 1.807) is 0 Å². The second-order valence-corrected chi connectivity index (χ2v) is 6.02. The molecule has 2 bridgehead atoms. The molecule has 0 atom stereocenters. The number of rotatable bonds is 3. The van der Waals surface area contributed by atoms with Crippen LogP contribution in [0.1, 0.15) is 46.5 Å². The fourth-order valence-corrected chi connectivity index (χ4v) is 2.72.